The fourth-order valence-corrected chi connectivity index (χ4v) is 3.62. The van der Waals surface area contributed by atoms with Crippen LogP contribution in [0.2, 0.25) is 0 Å². The second kappa shape index (κ2) is 6.30. The molecule has 118 valence electrons. The summed E-state index contributed by atoms with van der Waals surface area (Å²) in [6.45, 7) is 7.23. The Morgan fingerprint density at radius 2 is 2.14 bits per heavy atom. The molecule has 0 amide bonds. The van der Waals surface area contributed by atoms with Gasteiger partial charge in [0.15, 0.2) is 0 Å². The van der Waals surface area contributed by atoms with Crippen molar-refractivity contribution >= 4 is 17.2 Å². The Morgan fingerprint density at radius 1 is 1.32 bits per heavy atom. The lowest BCUT2D eigenvalue weighted by Gasteiger charge is -2.29. The highest BCUT2D eigenvalue weighted by molar-refractivity contribution is 7.09. The van der Waals surface area contributed by atoms with Gasteiger partial charge in [0.25, 0.3) is 0 Å². The number of rotatable bonds is 4. The molecule has 0 bridgehead atoms. The minimum atomic E-state index is 0.509. The fraction of sp³-hybridized carbons (Fsp3) is 0.562. The zero-order valence-electron chi connectivity index (χ0n) is 13.7. The molecule has 0 fully saturated rings. The lowest BCUT2D eigenvalue weighted by molar-refractivity contribution is 0.240. The molecular weight excluding hydrogens is 294 g/mol. The number of hydrogen-bond acceptors (Lipinski definition) is 6. The summed E-state index contributed by atoms with van der Waals surface area (Å²) in [7, 11) is 4.08. The van der Waals surface area contributed by atoms with Crippen molar-refractivity contribution in [3.8, 4) is 0 Å². The number of thiazole rings is 1. The molecule has 0 atom stereocenters. The van der Waals surface area contributed by atoms with Crippen molar-refractivity contribution in [1.82, 2.24) is 19.9 Å². The maximum atomic E-state index is 4.75. The van der Waals surface area contributed by atoms with Crippen LogP contribution in [0.15, 0.2) is 11.7 Å². The van der Waals surface area contributed by atoms with E-state index < -0.39 is 0 Å². The van der Waals surface area contributed by atoms with Gasteiger partial charge in [-0.05, 0) is 0 Å². The number of aromatic nitrogens is 3. The first-order chi connectivity index (χ1) is 10.5. The van der Waals surface area contributed by atoms with Gasteiger partial charge in [0.2, 0.25) is 0 Å². The van der Waals surface area contributed by atoms with Gasteiger partial charge in [-0.1, -0.05) is 13.8 Å². The largest absolute Gasteiger partial charge is 0.362 e. The lowest BCUT2D eigenvalue weighted by Crippen LogP contribution is -2.32. The number of nitrogens with zero attached hydrogens (tertiary/aromatic N) is 5. The summed E-state index contributed by atoms with van der Waals surface area (Å²) in [5.74, 6) is 1.55. The van der Waals surface area contributed by atoms with Gasteiger partial charge in [-0.25, -0.2) is 15.0 Å². The van der Waals surface area contributed by atoms with E-state index in [0.29, 0.717) is 5.92 Å². The van der Waals surface area contributed by atoms with Crippen LogP contribution in [-0.2, 0) is 19.5 Å². The van der Waals surface area contributed by atoms with Crippen molar-refractivity contribution in [3.63, 3.8) is 0 Å². The molecule has 2 aromatic rings. The summed E-state index contributed by atoms with van der Waals surface area (Å²) in [4.78, 5) is 18.2. The normalized spacial score (nSPS) is 15.1. The van der Waals surface area contributed by atoms with Crippen molar-refractivity contribution in [2.75, 3.05) is 25.5 Å². The van der Waals surface area contributed by atoms with Crippen LogP contribution in [0, 0.1) is 0 Å². The minimum Gasteiger partial charge on any atom is -0.362 e. The summed E-state index contributed by atoms with van der Waals surface area (Å²) in [6.07, 6.45) is 2.67. The smallest absolute Gasteiger partial charge is 0.136 e. The molecule has 1 aliphatic heterocycles. The molecular formula is C16H23N5S. The molecule has 0 radical (unpaired) electrons. The molecule has 2 aromatic heterocycles. The molecule has 0 N–H and O–H groups in total. The van der Waals surface area contributed by atoms with Crippen LogP contribution in [0.25, 0.3) is 0 Å². The summed E-state index contributed by atoms with van der Waals surface area (Å²) < 4.78 is 0. The standard InChI is InChI=1S/C16H23N5S/c1-11(2)16-19-12(9-22-16)7-21-6-5-14-13(8-21)15(20(3)4)18-10-17-14/h9-11H,5-8H2,1-4H3. The highest BCUT2D eigenvalue weighted by Gasteiger charge is 2.22. The lowest BCUT2D eigenvalue weighted by atomic mass is 10.1. The summed E-state index contributed by atoms with van der Waals surface area (Å²) in [6, 6.07) is 0. The third kappa shape index (κ3) is 3.13. The Balaban J connectivity index is 1.76. The minimum absolute atomic E-state index is 0.509. The summed E-state index contributed by atoms with van der Waals surface area (Å²) in [5.41, 5.74) is 3.63. The molecule has 0 aliphatic carbocycles. The summed E-state index contributed by atoms with van der Waals surface area (Å²) >= 11 is 1.77. The Labute approximate surface area is 136 Å². The van der Waals surface area contributed by atoms with Gasteiger partial charge in [0.1, 0.15) is 12.1 Å². The summed E-state index contributed by atoms with van der Waals surface area (Å²) in [5, 5.41) is 3.42. The van der Waals surface area contributed by atoms with Crippen molar-refractivity contribution in [2.45, 2.75) is 39.3 Å². The first kappa shape index (κ1) is 15.4. The number of anilines is 1. The zero-order valence-corrected chi connectivity index (χ0v) is 14.5. The molecule has 1 aliphatic rings. The van der Waals surface area contributed by atoms with Crippen LogP contribution >= 0.6 is 11.3 Å². The third-order valence-corrected chi connectivity index (χ3v) is 5.13. The Bertz CT molecular complexity index is 650. The highest BCUT2D eigenvalue weighted by Crippen LogP contribution is 2.26. The van der Waals surface area contributed by atoms with Crippen molar-refractivity contribution in [1.29, 1.82) is 0 Å². The van der Waals surface area contributed by atoms with Crippen LogP contribution in [-0.4, -0.2) is 40.5 Å². The van der Waals surface area contributed by atoms with Gasteiger partial charge in [-0.2, -0.15) is 0 Å². The molecule has 0 saturated heterocycles. The van der Waals surface area contributed by atoms with Gasteiger partial charge in [-0.15, -0.1) is 11.3 Å². The van der Waals surface area contributed by atoms with Crippen LogP contribution in [0.4, 0.5) is 5.82 Å². The van der Waals surface area contributed by atoms with E-state index in [1.54, 1.807) is 17.7 Å². The number of hydrogen-bond donors (Lipinski definition) is 0. The van der Waals surface area contributed by atoms with E-state index >= 15 is 0 Å². The SMILES string of the molecule is CC(C)c1nc(CN2CCc3ncnc(N(C)C)c3C2)cs1. The van der Waals surface area contributed by atoms with Crippen molar-refractivity contribution in [2.24, 2.45) is 0 Å². The molecule has 0 unspecified atom stereocenters. The van der Waals surface area contributed by atoms with Gasteiger partial charge >= 0.3 is 0 Å². The molecule has 0 aromatic carbocycles. The van der Waals surface area contributed by atoms with Gasteiger partial charge in [0, 0.05) is 57.0 Å². The zero-order chi connectivity index (χ0) is 15.7. The molecule has 0 saturated carbocycles. The maximum Gasteiger partial charge on any atom is 0.136 e. The average molecular weight is 317 g/mol. The van der Waals surface area contributed by atoms with E-state index in [1.807, 2.05) is 14.1 Å². The van der Waals surface area contributed by atoms with E-state index in [0.717, 1.165) is 31.9 Å². The third-order valence-electron chi connectivity index (χ3n) is 3.93. The van der Waals surface area contributed by atoms with Crippen LogP contribution in [0.3, 0.4) is 0 Å². The predicted octanol–water partition coefficient (Wildman–Crippen LogP) is 2.68. The number of fused-ring (bicyclic) bond motifs is 1. The Hall–Kier alpha value is -1.53. The molecule has 5 nitrogen and oxygen atoms in total. The first-order valence-electron chi connectivity index (χ1n) is 7.71. The molecule has 0 spiro atoms. The van der Waals surface area contributed by atoms with Crippen LogP contribution < -0.4 is 4.90 Å². The average Bonchev–Trinajstić information content (AvgIpc) is 2.95. The Morgan fingerprint density at radius 3 is 2.82 bits per heavy atom. The van der Waals surface area contributed by atoms with E-state index in [-0.39, 0.29) is 0 Å². The predicted molar refractivity (Wildman–Crippen MR) is 90.4 cm³/mol. The maximum absolute atomic E-state index is 4.75. The molecule has 3 rings (SSSR count). The van der Waals surface area contributed by atoms with Crippen molar-refractivity contribution in [3.05, 3.63) is 33.7 Å². The Kier molecular flexibility index (Phi) is 4.40. The van der Waals surface area contributed by atoms with Gasteiger partial charge in [-0.3, -0.25) is 4.90 Å². The fourth-order valence-electron chi connectivity index (χ4n) is 2.79. The topological polar surface area (TPSA) is 45.2 Å². The quantitative estimate of drug-likeness (QED) is 0.867. The molecule has 6 heteroatoms. The highest BCUT2D eigenvalue weighted by atomic mass is 32.1. The first-order valence-corrected chi connectivity index (χ1v) is 8.59. The second-order valence-corrected chi connectivity index (χ2v) is 7.20. The second-order valence-electron chi connectivity index (χ2n) is 6.31. The van der Waals surface area contributed by atoms with Gasteiger partial charge in [0.05, 0.1) is 16.4 Å². The van der Waals surface area contributed by atoms with Crippen molar-refractivity contribution < 1.29 is 0 Å². The van der Waals surface area contributed by atoms with Gasteiger partial charge < -0.3 is 4.90 Å². The molecule has 22 heavy (non-hydrogen) atoms. The van der Waals surface area contributed by atoms with E-state index in [2.05, 4.69) is 39.0 Å². The monoisotopic (exact) mass is 317 g/mol. The van der Waals surface area contributed by atoms with Crippen LogP contribution in [0.5, 0.6) is 0 Å². The van der Waals surface area contributed by atoms with E-state index in [9.17, 15) is 0 Å². The molecule has 3 heterocycles. The van der Waals surface area contributed by atoms with E-state index in [4.69, 9.17) is 4.98 Å². The van der Waals surface area contributed by atoms with Crippen LogP contribution in [0.1, 0.15) is 41.7 Å². The van der Waals surface area contributed by atoms with E-state index in [1.165, 1.54) is 22.0 Å².